The highest BCUT2D eigenvalue weighted by molar-refractivity contribution is 5.20. The second kappa shape index (κ2) is 7.65. The number of pyridine rings is 1. The summed E-state index contributed by atoms with van der Waals surface area (Å²) in [5.74, 6) is 0.699. The summed E-state index contributed by atoms with van der Waals surface area (Å²) in [5.41, 5.74) is 2.52. The summed E-state index contributed by atoms with van der Waals surface area (Å²) < 4.78 is 5.66. The highest BCUT2D eigenvalue weighted by Crippen LogP contribution is 2.14. The predicted molar refractivity (Wildman–Crippen MR) is 82.0 cm³/mol. The Morgan fingerprint density at radius 1 is 1.15 bits per heavy atom. The van der Waals surface area contributed by atoms with E-state index in [9.17, 15) is 0 Å². The largest absolute Gasteiger partial charge is 0.478 e. The lowest BCUT2D eigenvalue weighted by atomic mass is 10.1. The number of aryl methyl sites for hydroxylation is 1. The monoisotopic (exact) mass is 270 g/mol. The number of aromatic nitrogens is 1. The number of hydrogen-bond donors (Lipinski definition) is 1. The maximum atomic E-state index is 5.66. The van der Waals surface area contributed by atoms with Crippen molar-refractivity contribution >= 4 is 0 Å². The molecule has 0 aliphatic rings. The molecule has 106 valence electrons. The summed E-state index contributed by atoms with van der Waals surface area (Å²) in [6.07, 6.45) is 3.91. The van der Waals surface area contributed by atoms with Crippen molar-refractivity contribution in [1.29, 1.82) is 0 Å². The summed E-state index contributed by atoms with van der Waals surface area (Å²) in [6, 6.07) is 14.8. The number of ether oxygens (including phenoxy) is 1. The average molecular weight is 270 g/mol. The van der Waals surface area contributed by atoms with Crippen LogP contribution in [-0.2, 0) is 6.42 Å². The van der Waals surface area contributed by atoms with E-state index in [4.69, 9.17) is 4.74 Å². The van der Waals surface area contributed by atoms with Crippen molar-refractivity contribution in [2.45, 2.75) is 25.8 Å². The van der Waals surface area contributed by atoms with Crippen molar-refractivity contribution in [3.05, 3.63) is 59.8 Å². The summed E-state index contributed by atoms with van der Waals surface area (Å²) in [7, 11) is 1.94. The fourth-order valence-corrected chi connectivity index (χ4v) is 2.00. The van der Waals surface area contributed by atoms with Crippen molar-refractivity contribution < 1.29 is 4.74 Å². The van der Waals surface area contributed by atoms with Crippen LogP contribution in [0.5, 0.6) is 5.88 Å². The molecule has 1 N–H and O–H groups in total. The lowest BCUT2D eigenvalue weighted by molar-refractivity contribution is 0.299. The van der Waals surface area contributed by atoms with Gasteiger partial charge in [-0.05, 0) is 37.9 Å². The van der Waals surface area contributed by atoms with Gasteiger partial charge >= 0.3 is 0 Å². The van der Waals surface area contributed by atoms with Gasteiger partial charge in [0.25, 0.3) is 0 Å². The van der Waals surface area contributed by atoms with Crippen LogP contribution < -0.4 is 10.1 Å². The van der Waals surface area contributed by atoms with E-state index in [1.807, 2.05) is 25.4 Å². The first kappa shape index (κ1) is 14.5. The van der Waals surface area contributed by atoms with E-state index in [1.165, 1.54) is 11.1 Å². The lowest BCUT2D eigenvalue weighted by Gasteiger charge is -2.11. The first-order valence-corrected chi connectivity index (χ1v) is 7.09. The molecule has 2 aromatic rings. The van der Waals surface area contributed by atoms with Crippen molar-refractivity contribution in [3.8, 4) is 5.88 Å². The molecule has 0 fully saturated rings. The first-order valence-electron chi connectivity index (χ1n) is 7.09. The molecule has 3 heteroatoms. The van der Waals surface area contributed by atoms with E-state index in [0.717, 1.165) is 12.8 Å². The van der Waals surface area contributed by atoms with Gasteiger partial charge in [0.15, 0.2) is 0 Å². The van der Waals surface area contributed by atoms with E-state index in [-0.39, 0.29) is 0 Å². The third-order valence-corrected chi connectivity index (χ3v) is 3.39. The lowest BCUT2D eigenvalue weighted by Crippen LogP contribution is -2.12. The van der Waals surface area contributed by atoms with Crippen LogP contribution in [0.1, 0.15) is 30.5 Å². The van der Waals surface area contributed by atoms with Gasteiger partial charge in [0.2, 0.25) is 5.88 Å². The quantitative estimate of drug-likeness (QED) is 0.783. The van der Waals surface area contributed by atoms with E-state index < -0.39 is 0 Å². The Labute approximate surface area is 121 Å². The standard InChI is InChI=1S/C17H22N2O/c1-14(18-2)16-10-11-17(19-13-16)20-12-6-9-15-7-4-3-5-8-15/h3-5,7-8,10-11,13-14,18H,6,9,12H2,1-2H3. The van der Waals surface area contributed by atoms with Gasteiger partial charge in [0.05, 0.1) is 6.61 Å². The van der Waals surface area contributed by atoms with Crippen molar-refractivity contribution in [2.75, 3.05) is 13.7 Å². The second-order valence-electron chi connectivity index (χ2n) is 4.88. The molecule has 1 aromatic carbocycles. The average Bonchev–Trinajstić information content (AvgIpc) is 2.52. The molecule has 0 aliphatic carbocycles. The minimum atomic E-state index is 0.314. The Morgan fingerprint density at radius 2 is 1.95 bits per heavy atom. The predicted octanol–water partition coefficient (Wildman–Crippen LogP) is 3.37. The summed E-state index contributed by atoms with van der Waals surface area (Å²) in [5, 5.41) is 3.19. The molecule has 1 atom stereocenters. The van der Waals surface area contributed by atoms with Crippen LogP contribution in [0.4, 0.5) is 0 Å². The second-order valence-corrected chi connectivity index (χ2v) is 4.88. The van der Waals surface area contributed by atoms with Crippen LogP contribution in [0.2, 0.25) is 0 Å². The summed E-state index contributed by atoms with van der Waals surface area (Å²) in [6.45, 7) is 2.81. The Balaban J connectivity index is 1.74. The van der Waals surface area contributed by atoms with Gasteiger partial charge in [0, 0.05) is 18.3 Å². The summed E-state index contributed by atoms with van der Waals surface area (Å²) in [4.78, 5) is 4.33. The SMILES string of the molecule is CNC(C)c1ccc(OCCCc2ccccc2)nc1. The molecule has 1 heterocycles. The normalized spacial score (nSPS) is 12.1. The molecule has 1 aromatic heterocycles. The Bertz CT molecular complexity index is 496. The third kappa shape index (κ3) is 4.35. The van der Waals surface area contributed by atoms with Crippen LogP contribution in [0.25, 0.3) is 0 Å². The molecule has 0 amide bonds. The van der Waals surface area contributed by atoms with Gasteiger partial charge in [-0.2, -0.15) is 0 Å². The molecular weight excluding hydrogens is 248 g/mol. The van der Waals surface area contributed by atoms with Gasteiger partial charge in [0.1, 0.15) is 0 Å². The van der Waals surface area contributed by atoms with E-state index >= 15 is 0 Å². The number of benzene rings is 1. The Kier molecular flexibility index (Phi) is 5.56. The minimum Gasteiger partial charge on any atom is -0.478 e. The van der Waals surface area contributed by atoms with Crippen molar-refractivity contribution in [3.63, 3.8) is 0 Å². The van der Waals surface area contributed by atoms with Crippen LogP contribution in [-0.4, -0.2) is 18.6 Å². The van der Waals surface area contributed by atoms with Crippen LogP contribution in [0.15, 0.2) is 48.7 Å². The van der Waals surface area contributed by atoms with E-state index in [2.05, 4.69) is 47.6 Å². The van der Waals surface area contributed by atoms with Gasteiger partial charge in [-0.25, -0.2) is 4.98 Å². The fourth-order valence-electron chi connectivity index (χ4n) is 2.00. The first-order chi connectivity index (χ1) is 9.79. The number of nitrogens with one attached hydrogen (secondary N) is 1. The zero-order chi connectivity index (χ0) is 14.2. The topological polar surface area (TPSA) is 34.1 Å². The molecule has 0 radical (unpaired) electrons. The number of hydrogen-bond acceptors (Lipinski definition) is 3. The van der Waals surface area contributed by atoms with Crippen LogP contribution >= 0.6 is 0 Å². The Hall–Kier alpha value is -1.87. The molecule has 0 saturated carbocycles. The zero-order valence-electron chi connectivity index (χ0n) is 12.2. The van der Waals surface area contributed by atoms with Gasteiger partial charge in [-0.3, -0.25) is 0 Å². The Morgan fingerprint density at radius 3 is 2.60 bits per heavy atom. The minimum absolute atomic E-state index is 0.314. The summed E-state index contributed by atoms with van der Waals surface area (Å²) >= 11 is 0. The smallest absolute Gasteiger partial charge is 0.213 e. The molecule has 0 saturated heterocycles. The van der Waals surface area contributed by atoms with Crippen molar-refractivity contribution in [2.24, 2.45) is 0 Å². The van der Waals surface area contributed by atoms with E-state index in [0.29, 0.717) is 18.5 Å². The maximum absolute atomic E-state index is 5.66. The molecular formula is C17H22N2O. The van der Waals surface area contributed by atoms with Crippen molar-refractivity contribution in [1.82, 2.24) is 10.3 Å². The van der Waals surface area contributed by atoms with Gasteiger partial charge in [-0.15, -0.1) is 0 Å². The van der Waals surface area contributed by atoms with Crippen LogP contribution in [0.3, 0.4) is 0 Å². The molecule has 0 aliphatic heterocycles. The molecule has 3 nitrogen and oxygen atoms in total. The zero-order valence-corrected chi connectivity index (χ0v) is 12.2. The van der Waals surface area contributed by atoms with E-state index in [1.54, 1.807) is 0 Å². The van der Waals surface area contributed by atoms with Gasteiger partial charge in [-0.1, -0.05) is 36.4 Å². The number of rotatable bonds is 7. The molecule has 0 bridgehead atoms. The maximum Gasteiger partial charge on any atom is 0.213 e. The highest BCUT2D eigenvalue weighted by atomic mass is 16.5. The highest BCUT2D eigenvalue weighted by Gasteiger charge is 2.03. The molecule has 0 spiro atoms. The van der Waals surface area contributed by atoms with Crippen LogP contribution in [0, 0.1) is 0 Å². The number of nitrogens with zero attached hydrogens (tertiary/aromatic N) is 1. The molecule has 20 heavy (non-hydrogen) atoms. The third-order valence-electron chi connectivity index (χ3n) is 3.39. The van der Waals surface area contributed by atoms with Gasteiger partial charge < -0.3 is 10.1 Å². The fraction of sp³-hybridized carbons (Fsp3) is 0.353. The molecule has 2 rings (SSSR count). The molecule has 1 unspecified atom stereocenters.